The minimum atomic E-state index is -0.146. The van der Waals surface area contributed by atoms with Crippen molar-refractivity contribution in [3.8, 4) is 0 Å². The molecule has 0 atom stereocenters. The minimum Gasteiger partial charge on any atom is -0.264 e. The topological polar surface area (TPSA) is 12.9 Å². The Hall–Kier alpha value is -1.70. The molecular formula is C15H16FN. The van der Waals surface area contributed by atoms with Crippen LogP contribution in [0.1, 0.15) is 23.1 Å². The lowest BCUT2D eigenvalue weighted by molar-refractivity contribution is 0.623. The maximum atomic E-state index is 13.1. The van der Waals surface area contributed by atoms with E-state index in [1.807, 2.05) is 25.3 Å². The molecule has 0 N–H and O–H groups in total. The number of hydrogen-bond donors (Lipinski definition) is 0. The molecule has 17 heavy (non-hydrogen) atoms. The van der Waals surface area contributed by atoms with Crippen molar-refractivity contribution in [3.05, 3.63) is 65.2 Å². The van der Waals surface area contributed by atoms with Crippen LogP contribution in [-0.4, -0.2) is 4.98 Å². The summed E-state index contributed by atoms with van der Waals surface area (Å²) in [6.45, 7) is 2.03. The zero-order valence-electron chi connectivity index (χ0n) is 9.99. The molecule has 1 aromatic heterocycles. The number of pyridine rings is 1. The highest BCUT2D eigenvalue weighted by Gasteiger charge is 2.01. The molecule has 0 amide bonds. The van der Waals surface area contributed by atoms with Gasteiger partial charge in [0.25, 0.3) is 0 Å². The van der Waals surface area contributed by atoms with Crippen LogP contribution in [0.15, 0.2) is 42.7 Å². The van der Waals surface area contributed by atoms with E-state index in [-0.39, 0.29) is 5.82 Å². The Morgan fingerprint density at radius 2 is 2.06 bits per heavy atom. The first kappa shape index (κ1) is 11.8. The Labute approximate surface area is 101 Å². The van der Waals surface area contributed by atoms with Crippen molar-refractivity contribution in [2.75, 3.05) is 0 Å². The number of nitrogens with zero attached hydrogens (tertiary/aromatic N) is 1. The van der Waals surface area contributed by atoms with Crippen molar-refractivity contribution >= 4 is 0 Å². The summed E-state index contributed by atoms with van der Waals surface area (Å²) in [5.41, 5.74) is 3.51. The molecule has 88 valence electrons. The Morgan fingerprint density at radius 1 is 1.18 bits per heavy atom. The quantitative estimate of drug-likeness (QED) is 0.779. The number of aromatic nitrogens is 1. The van der Waals surface area contributed by atoms with E-state index < -0.39 is 0 Å². The molecule has 2 heteroatoms. The molecule has 0 aliphatic heterocycles. The second-order valence-electron chi connectivity index (χ2n) is 4.29. The fourth-order valence-corrected chi connectivity index (χ4v) is 1.94. The second kappa shape index (κ2) is 5.58. The van der Waals surface area contributed by atoms with Crippen LogP contribution >= 0.6 is 0 Å². The lowest BCUT2D eigenvalue weighted by Gasteiger charge is -2.05. The highest BCUT2D eigenvalue weighted by atomic mass is 19.1. The molecule has 1 aromatic carbocycles. The number of benzene rings is 1. The minimum absolute atomic E-state index is 0.146. The summed E-state index contributed by atoms with van der Waals surface area (Å²) < 4.78 is 13.1. The normalized spacial score (nSPS) is 10.5. The summed E-state index contributed by atoms with van der Waals surface area (Å²) >= 11 is 0. The van der Waals surface area contributed by atoms with Crippen LogP contribution in [0.4, 0.5) is 4.39 Å². The lowest BCUT2D eigenvalue weighted by atomic mass is 10.0. The number of hydrogen-bond acceptors (Lipinski definition) is 1. The van der Waals surface area contributed by atoms with Gasteiger partial charge in [0.1, 0.15) is 5.82 Å². The summed E-state index contributed by atoms with van der Waals surface area (Å²) in [7, 11) is 0. The molecule has 0 saturated heterocycles. The van der Waals surface area contributed by atoms with Gasteiger partial charge in [0.15, 0.2) is 0 Å². The van der Waals surface area contributed by atoms with Gasteiger partial charge in [-0.2, -0.15) is 0 Å². The third kappa shape index (κ3) is 3.38. The smallest absolute Gasteiger partial charge is 0.123 e. The van der Waals surface area contributed by atoms with E-state index in [0.29, 0.717) is 0 Å². The summed E-state index contributed by atoms with van der Waals surface area (Å²) in [5.74, 6) is -0.146. The molecule has 1 nitrogen and oxygen atoms in total. The molecule has 0 saturated carbocycles. The molecule has 0 radical (unpaired) electrons. The van der Waals surface area contributed by atoms with Gasteiger partial charge in [0.2, 0.25) is 0 Å². The van der Waals surface area contributed by atoms with Crippen LogP contribution in [0.2, 0.25) is 0 Å². The summed E-state index contributed by atoms with van der Waals surface area (Å²) in [6, 6.07) is 9.02. The van der Waals surface area contributed by atoms with E-state index in [1.165, 1.54) is 11.6 Å². The van der Waals surface area contributed by atoms with Crippen molar-refractivity contribution in [1.82, 2.24) is 4.98 Å². The second-order valence-corrected chi connectivity index (χ2v) is 4.29. The van der Waals surface area contributed by atoms with Gasteiger partial charge in [-0.3, -0.25) is 4.98 Å². The molecular weight excluding hydrogens is 213 g/mol. The van der Waals surface area contributed by atoms with Crippen LogP contribution in [0.25, 0.3) is 0 Å². The number of rotatable bonds is 4. The summed E-state index contributed by atoms with van der Waals surface area (Å²) in [6.07, 6.45) is 6.59. The van der Waals surface area contributed by atoms with Crippen molar-refractivity contribution in [3.63, 3.8) is 0 Å². The maximum absolute atomic E-state index is 13.1. The Morgan fingerprint density at radius 3 is 2.82 bits per heavy atom. The average molecular weight is 229 g/mol. The van der Waals surface area contributed by atoms with Gasteiger partial charge in [0.05, 0.1) is 0 Å². The SMILES string of the molecule is Cc1ccc(F)cc1CCCc1cccnc1. The van der Waals surface area contributed by atoms with Crippen LogP contribution < -0.4 is 0 Å². The van der Waals surface area contributed by atoms with Gasteiger partial charge in [-0.15, -0.1) is 0 Å². The van der Waals surface area contributed by atoms with Crippen LogP contribution in [-0.2, 0) is 12.8 Å². The third-order valence-electron chi connectivity index (χ3n) is 2.95. The number of aryl methyl sites for hydroxylation is 3. The molecule has 0 aliphatic carbocycles. The molecule has 0 aliphatic rings. The van der Waals surface area contributed by atoms with E-state index in [2.05, 4.69) is 11.1 Å². The van der Waals surface area contributed by atoms with E-state index in [4.69, 9.17) is 0 Å². The van der Waals surface area contributed by atoms with Crippen molar-refractivity contribution in [1.29, 1.82) is 0 Å². The fourth-order valence-electron chi connectivity index (χ4n) is 1.94. The summed E-state index contributed by atoms with van der Waals surface area (Å²) in [4.78, 5) is 4.08. The van der Waals surface area contributed by atoms with Gasteiger partial charge in [-0.1, -0.05) is 12.1 Å². The molecule has 2 rings (SSSR count). The first-order valence-corrected chi connectivity index (χ1v) is 5.89. The first-order valence-electron chi connectivity index (χ1n) is 5.89. The average Bonchev–Trinajstić information content (AvgIpc) is 2.35. The van der Waals surface area contributed by atoms with E-state index in [0.717, 1.165) is 30.4 Å². The largest absolute Gasteiger partial charge is 0.264 e. The van der Waals surface area contributed by atoms with Crippen molar-refractivity contribution < 1.29 is 4.39 Å². The standard InChI is InChI=1S/C15H16FN/c1-12-7-8-15(16)10-14(12)6-2-4-13-5-3-9-17-11-13/h3,5,7-11H,2,4,6H2,1H3. The Balaban J connectivity index is 1.92. The predicted octanol–water partition coefficient (Wildman–Crippen LogP) is 3.70. The fraction of sp³-hybridized carbons (Fsp3) is 0.267. The van der Waals surface area contributed by atoms with Crippen LogP contribution in [0, 0.1) is 12.7 Å². The highest BCUT2D eigenvalue weighted by Crippen LogP contribution is 2.13. The van der Waals surface area contributed by atoms with Crippen LogP contribution in [0.3, 0.4) is 0 Å². The zero-order chi connectivity index (χ0) is 12.1. The molecule has 0 bridgehead atoms. The molecule has 0 unspecified atom stereocenters. The molecule has 0 spiro atoms. The first-order chi connectivity index (χ1) is 8.25. The lowest BCUT2D eigenvalue weighted by Crippen LogP contribution is -1.94. The van der Waals surface area contributed by atoms with Gasteiger partial charge in [0, 0.05) is 12.4 Å². The van der Waals surface area contributed by atoms with Gasteiger partial charge in [-0.05, 0) is 61.1 Å². The van der Waals surface area contributed by atoms with Gasteiger partial charge >= 0.3 is 0 Å². The van der Waals surface area contributed by atoms with E-state index >= 15 is 0 Å². The number of halogens is 1. The molecule has 2 aromatic rings. The van der Waals surface area contributed by atoms with Crippen molar-refractivity contribution in [2.24, 2.45) is 0 Å². The monoisotopic (exact) mass is 229 g/mol. The summed E-state index contributed by atoms with van der Waals surface area (Å²) in [5, 5.41) is 0. The third-order valence-corrected chi connectivity index (χ3v) is 2.95. The zero-order valence-corrected chi connectivity index (χ0v) is 9.99. The Bertz CT molecular complexity index is 480. The maximum Gasteiger partial charge on any atom is 0.123 e. The predicted molar refractivity (Wildman–Crippen MR) is 67.4 cm³/mol. The van der Waals surface area contributed by atoms with E-state index in [1.54, 1.807) is 12.3 Å². The molecule has 0 fully saturated rings. The Kier molecular flexibility index (Phi) is 3.86. The van der Waals surface area contributed by atoms with E-state index in [9.17, 15) is 4.39 Å². The molecule has 1 heterocycles. The van der Waals surface area contributed by atoms with Gasteiger partial charge < -0.3 is 0 Å². The van der Waals surface area contributed by atoms with Crippen LogP contribution in [0.5, 0.6) is 0 Å². The van der Waals surface area contributed by atoms with Gasteiger partial charge in [-0.25, -0.2) is 4.39 Å². The highest BCUT2D eigenvalue weighted by molar-refractivity contribution is 5.26. The van der Waals surface area contributed by atoms with Crippen molar-refractivity contribution in [2.45, 2.75) is 26.2 Å².